The van der Waals surface area contributed by atoms with Gasteiger partial charge in [-0.1, -0.05) is 0 Å². The molecule has 2 N–H and O–H groups in total. The van der Waals surface area contributed by atoms with Crippen LogP contribution in [-0.4, -0.2) is 25.7 Å². The zero-order valence-electron chi connectivity index (χ0n) is 15.0. The zero-order chi connectivity index (χ0) is 18.3. The number of H-pyrrole nitrogens is 1. The molecule has 0 spiro atoms. The summed E-state index contributed by atoms with van der Waals surface area (Å²) < 4.78 is 15.2. The van der Waals surface area contributed by atoms with E-state index in [9.17, 15) is 9.18 Å². The fraction of sp³-hybridized carbons (Fsp3) is 0.421. The summed E-state index contributed by atoms with van der Waals surface area (Å²) in [6, 6.07) is 4.47. The lowest BCUT2D eigenvalue weighted by Crippen LogP contribution is -2.31. The van der Waals surface area contributed by atoms with Crippen molar-refractivity contribution in [2.45, 2.75) is 45.1 Å². The number of amides is 1. The molecule has 26 heavy (non-hydrogen) atoms. The molecule has 4 rings (SSSR count). The highest BCUT2D eigenvalue weighted by molar-refractivity contribution is 5.77. The molecule has 1 atom stereocenters. The van der Waals surface area contributed by atoms with Gasteiger partial charge in [0.1, 0.15) is 11.6 Å². The maximum Gasteiger partial charge on any atom is 0.220 e. The number of nitrogens with zero attached hydrogens (tertiary/aromatic N) is 3. The number of fused-ring (bicyclic) bond motifs is 2. The Balaban J connectivity index is 1.41. The Kier molecular flexibility index (Phi) is 4.22. The van der Waals surface area contributed by atoms with Gasteiger partial charge in [-0.2, -0.15) is 5.10 Å². The van der Waals surface area contributed by atoms with E-state index in [4.69, 9.17) is 0 Å². The van der Waals surface area contributed by atoms with Crippen LogP contribution in [0, 0.1) is 12.7 Å². The van der Waals surface area contributed by atoms with Crippen LogP contribution in [0.25, 0.3) is 11.0 Å². The van der Waals surface area contributed by atoms with Crippen LogP contribution in [0.4, 0.5) is 4.39 Å². The third-order valence-electron chi connectivity index (χ3n) is 5.06. The first-order valence-electron chi connectivity index (χ1n) is 8.97. The van der Waals surface area contributed by atoms with E-state index in [1.54, 1.807) is 6.07 Å². The van der Waals surface area contributed by atoms with Gasteiger partial charge in [-0.3, -0.25) is 9.48 Å². The summed E-state index contributed by atoms with van der Waals surface area (Å²) in [6.07, 6.45) is 3.83. The van der Waals surface area contributed by atoms with Gasteiger partial charge in [-0.15, -0.1) is 0 Å². The average molecular weight is 355 g/mol. The fourth-order valence-corrected chi connectivity index (χ4v) is 3.89. The minimum Gasteiger partial charge on any atom is -0.349 e. The summed E-state index contributed by atoms with van der Waals surface area (Å²) in [5.74, 6) is 0.394. The van der Waals surface area contributed by atoms with E-state index in [0.29, 0.717) is 29.7 Å². The Morgan fingerprint density at radius 3 is 3.15 bits per heavy atom. The van der Waals surface area contributed by atoms with Crippen LogP contribution < -0.4 is 5.32 Å². The molecule has 0 aliphatic heterocycles. The maximum absolute atomic E-state index is 13.3. The number of benzene rings is 1. The van der Waals surface area contributed by atoms with Crippen molar-refractivity contribution < 1.29 is 9.18 Å². The second-order valence-corrected chi connectivity index (χ2v) is 6.93. The number of hydrogen-bond acceptors (Lipinski definition) is 3. The van der Waals surface area contributed by atoms with Crippen molar-refractivity contribution in [1.29, 1.82) is 0 Å². The number of imidazole rings is 1. The first-order chi connectivity index (χ1) is 12.5. The van der Waals surface area contributed by atoms with Crippen LogP contribution in [0.2, 0.25) is 0 Å². The number of hydrogen-bond donors (Lipinski definition) is 2. The van der Waals surface area contributed by atoms with Crippen molar-refractivity contribution >= 4 is 16.9 Å². The molecule has 136 valence electrons. The fourth-order valence-electron chi connectivity index (χ4n) is 3.89. The normalized spacial score (nSPS) is 16.7. The first-order valence-corrected chi connectivity index (χ1v) is 8.97. The number of aromatic nitrogens is 4. The SMILES string of the molecule is Cc1nn(C)c2c1C(NC(=O)CCc1nc3ccc(F)cc3[nH]1)CCC2. The monoisotopic (exact) mass is 355 g/mol. The molecule has 6 nitrogen and oxygen atoms in total. The van der Waals surface area contributed by atoms with Gasteiger partial charge < -0.3 is 10.3 Å². The van der Waals surface area contributed by atoms with Crippen molar-refractivity contribution in [1.82, 2.24) is 25.1 Å². The summed E-state index contributed by atoms with van der Waals surface area (Å²) in [5, 5.41) is 7.64. The predicted molar refractivity (Wildman–Crippen MR) is 96.1 cm³/mol. The maximum atomic E-state index is 13.3. The lowest BCUT2D eigenvalue weighted by molar-refractivity contribution is -0.121. The smallest absolute Gasteiger partial charge is 0.220 e. The highest BCUT2D eigenvalue weighted by Gasteiger charge is 2.27. The second kappa shape index (κ2) is 6.55. The van der Waals surface area contributed by atoms with Gasteiger partial charge in [0.2, 0.25) is 5.91 Å². The van der Waals surface area contributed by atoms with Gasteiger partial charge in [0.05, 0.1) is 22.8 Å². The van der Waals surface area contributed by atoms with Crippen LogP contribution in [0.15, 0.2) is 18.2 Å². The Hall–Kier alpha value is -2.70. The molecule has 0 bridgehead atoms. The van der Waals surface area contributed by atoms with Crippen molar-refractivity contribution in [3.05, 3.63) is 46.8 Å². The van der Waals surface area contributed by atoms with Crippen LogP contribution in [0.1, 0.15) is 48.1 Å². The lowest BCUT2D eigenvalue weighted by atomic mass is 9.91. The third kappa shape index (κ3) is 3.09. The summed E-state index contributed by atoms with van der Waals surface area (Å²) in [5.41, 5.74) is 4.75. The topological polar surface area (TPSA) is 75.6 Å². The molecule has 1 amide bonds. The number of aryl methyl sites for hydroxylation is 3. The van der Waals surface area contributed by atoms with Crippen molar-refractivity contribution in [3.63, 3.8) is 0 Å². The van der Waals surface area contributed by atoms with Crippen molar-refractivity contribution in [3.8, 4) is 0 Å². The van der Waals surface area contributed by atoms with Crippen molar-refractivity contribution in [2.75, 3.05) is 0 Å². The number of rotatable bonds is 4. The molecule has 1 aliphatic rings. The van der Waals surface area contributed by atoms with Gasteiger partial charge >= 0.3 is 0 Å². The molecule has 1 unspecified atom stereocenters. The van der Waals surface area contributed by atoms with E-state index < -0.39 is 0 Å². The minimum absolute atomic E-state index is 0.00209. The number of nitrogens with one attached hydrogen (secondary N) is 2. The number of aromatic amines is 1. The van der Waals surface area contributed by atoms with Crippen LogP contribution >= 0.6 is 0 Å². The van der Waals surface area contributed by atoms with Crippen LogP contribution in [-0.2, 0) is 24.7 Å². The van der Waals surface area contributed by atoms with E-state index in [0.717, 1.165) is 25.0 Å². The molecule has 3 aromatic rings. The highest BCUT2D eigenvalue weighted by atomic mass is 19.1. The Morgan fingerprint density at radius 2 is 2.31 bits per heavy atom. The lowest BCUT2D eigenvalue weighted by Gasteiger charge is -2.24. The Labute approximate surface area is 150 Å². The highest BCUT2D eigenvalue weighted by Crippen LogP contribution is 2.31. The van der Waals surface area contributed by atoms with Gasteiger partial charge in [-0.25, -0.2) is 9.37 Å². The van der Waals surface area contributed by atoms with Crippen molar-refractivity contribution in [2.24, 2.45) is 7.05 Å². The van der Waals surface area contributed by atoms with Crippen LogP contribution in [0.5, 0.6) is 0 Å². The standard InChI is InChI=1S/C19H22FN5O/c1-11-19-14(4-3-5-16(19)25(2)24-11)23-18(26)9-8-17-21-13-7-6-12(20)10-15(13)22-17/h6-7,10,14H,3-5,8-9H2,1-2H3,(H,21,22)(H,23,26). The van der Waals surface area contributed by atoms with Gasteiger partial charge in [0, 0.05) is 31.1 Å². The second-order valence-electron chi connectivity index (χ2n) is 6.93. The van der Waals surface area contributed by atoms with E-state index in [1.165, 1.54) is 23.4 Å². The number of carbonyl (C=O) groups is 1. The molecule has 7 heteroatoms. The van der Waals surface area contributed by atoms with Crippen LogP contribution in [0.3, 0.4) is 0 Å². The summed E-state index contributed by atoms with van der Waals surface area (Å²) in [6.45, 7) is 2.00. The average Bonchev–Trinajstić information content (AvgIpc) is 3.14. The third-order valence-corrected chi connectivity index (χ3v) is 5.06. The molecular formula is C19H22FN5O. The molecule has 2 aromatic heterocycles. The summed E-state index contributed by atoms with van der Waals surface area (Å²) in [4.78, 5) is 19.9. The molecule has 1 aliphatic carbocycles. The predicted octanol–water partition coefficient (Wildman–Crippen LogP) is 2.87. The zero-order valence-corrected chi connectivity index (χ0v) is 15.0. The Morgan fingerprint density at radius 1 is 1.46 bits per heavy atom. The van der Waals surface area contributed by atoms with E-state index >= 15 is 0 Å². The van der Waals surface area contributed by atoms with E-state index in [1.807, 2.05) is 18.7 Å². The largest absolute Gasteiger partial charge is 0.349 e. The van der Waals surface area contributed by atoms with Gasteiger partial charge in [-0.05, 0) is 44.4 Å². The Bertz CT molecular complexity index is 974. The molecular weight excluding hydrogens is 333 g/mol. The quantitative estimate of drug-likeness (QED) is 0.756. The van der Waals surface area contributed by atoms with Gasteiger partial charge in [0.15, 0.2) is 0 Å². The number of halogens is 1. The van der Waals surface area contributed by atoms with Gasteiger partial charge in [0.25, 0.3) is 0 Å². The summed E-state index contributed by atoms with van der Waals surface area (Å²) >= 11 is 0. The molecule has 0 radical (unpaired) electrons. The molecule has 1 aromatic carbocycles. The van der Waals surface area contributed by atoms with E-state index in [2.05, 4.69) is 20.4 Å². The molecule has 2 heterocycles. The molecule has 0 saturated carbocycles. The van der Waals surface area contributed by atoms with E-state index in [-0.39, 0.29) is 17.8 Å². The number of carbonyl (C=O) groups excluding carboxylic acids is 1. The first kappa shape index (κ1) is 16.8. The molecule has 0 fully saturated rings. The summed E-state index contributed by atoms with van der Waals surface area (Å²) in [7, 11) is 1.96. The minimum atomic E-state index is -0.301. The molecule has 0 saturated heterocycles.